The van der Waals surface area contributed by atoms with Gasteiger partial charge < -0.3 is 9.47 Å². The smallest absolute Gasteiger partial charge is 0.0884 e. The van der Waals surface area contributed by atoms with Gasteiger partial charge in [-0.15, -0.1) is 6.58 Å². The van der Waals surface area contributed by atoms with Gasteiger partial charge in [0.2, 0.25) is 0 Å². The molecule has 0 bridgehead atoms. The Balaban J connectivity index is 2.20. The first-order chi connectivity index (χ1) is 5.73. The predicted molar refractivity (Wildman–Crippen MR) is 49.2 cm³/mol. The Bertz CT molecular complexity index is 152. The van der Waals surface area contributed by atoms with Crippen LogP contribution in [-0.2, 0) is 9.47 Å². The van der Waals surface area contributed by atoms with Crippen molar-refractivity contribution in [2.75, 3.05) is 19.8 Å². The molecule has 0 N–H and O–H groups in total. The molecule has 2 unspecified atom stereocenters. The van der Waals surface area contributed by atoms with Crippen molar-refractivity contribution in [1.82, 2.24) is 0 Å². The minimum atomic E-state index is 0.294. The third-order valence-corrected chi connectivity index (χ3v) is 2.70. The molecule has 70 valence electrons. The second-order valence-corrected chi connectivity index (χ2v) is 3.63. The van der Waals surface area contributed by atoms with Crippen molar-refractivity contribution < 1.29 is 9.47 Å². The van der Waals surface area contributed by atoms with E-state index in [2.05, 4.69) is 20.4 Å². The van der Waals surface area contributed by atoms with Gasteiger partial charge in [-0.3, -0.25) is 0 Å². The fourth-order valence-corrected chi connectivity index (χ4v) is 1.32. The van der Waals surface area contributed by atoms with E-state index < -0.39 is 0 Å². The Morgan fingerprint density at radius 3 is 2.92 bits per heavy atom. The van der Waals surface area contributed by atoms with Gasteiger partial charge in [-0.2, -0.15) is 0 Å². The van der Waals surface area contributed by atoms with Gasteiger partial charge in [0, 0.05) is 5.41 Å². The fraction of sp³-hybridized carbons (Fsp3) is 0.800. The van der Waals surface area contributed by atoms with Crippen LogP contribution < -0.4 is 0 Å². The summed E-state index contributed by atoms with van der Waals surface area (Å²) in [5, 5.41) is 0. The largest absolute Gasteiger partial charge is 0.375 e. The molecule has 1 saturated heterocycles. The van der Waals surface area contributed by atoms with Gasteiger partial charge >= 0.3 is 0 Å². The van der Waals surface area contributed by atoms with Crippen LogP contribution in [0.4, 0.5) is 0 Å². The molecule has 0 radical (unpaired) electrons. The van der Waals surface area contributed by atoms with E-state index >= 15 is 0 Å². The first-order valence-corrected chi connectivity index (χ1v) is 4.53. The van der Waals surface area contributed by atoms with Crippen molar-refractivity contribution in [2.24, 2.45) is 5.41 Å². The number of hydrogen-bond acceptors (Lipinski definition) is 2. The Morgan fingerprint density at radius 2 is 2.50 bits per heavy atom. The summed E-state index contributed by atoms with van der Waals surface area (Å²) < 4.78 is 10.8. The van der Waals surface area contributed by atoms with Gasteiger partial charge in [-0.25, -0.2) is 0 Å². The van der Waals surface area contributed by atoms with Crippen LogP contribution in [0.2, 0.25) is 0 Å². The van der Waals surface area contributed by atoms with Gasteiger partial charge in [0.15, 0.2) is 0 Å². The molecule has 0 aromatic heterocycles. The number of rotatable bonds is 5. The second-order valence-electron chi connectivity index (χ2n) is 3.63. The third-order valence-electron chi connectivity index (χ3n) is 2.70. The van der Waals surface area contributed by atoms with Gasteiger partial charge in [-0.1, -0.05) is 19.9 Å². The highest BCUT2D eigenvalue weighted by Gasteiger charge is 2.42. The molecule has 12 heavy (non-hydrogen) atoms. The maximum Gasteiger partial charge on any atom is 0.0884 e. The summed E-state index contributed by atoms with van der Waals surface area (Å²) in [7, 11) is 0. The van der Waals surface area contributed by atoms with Crippen molar-refractivity contribution in [3.05, 3.63) is 12.7 Å². The van der Waals surface area contributed by atoms with Crippen molar-refractivity contribution in [3.8, 4) is 0 Å². The minimum Gasteiger partial charge on any atom is -0.375 e. The summed E-state index contributed by atoms with van der Waals surface area (Å²) >= 11 is 0. The monoisotopic (exact) mass is 170 g/mol. The van der Waals surface area contributed by atoms with Gasteiger partial charge in [0.05, 0.1) is 25.9 Å². The molecule has 0 aromatic rings. The van der Waals surface area contributed by atoms with Crippen molar-refractivity contribution >= 4 is 0 Å². The molecule has 2 heteroatoms. The van der Waals surface area contributed by atoms with Crippen LogP contribution in [0.15, 0.2) is 12.7 Å². The molecule has 2 atom stereocenters. The van der Waals surface area contributed by atoms with E-state index in [0.717, 1.165) is 13.0 Å². The summed E-state index contributed by atoms with van der Waals surface area (Å²) in [6, 6.07) is 0. The van der Waals surface area contributed by atoms with E-state index in [9.17, 15) is 0 Å². The molecule has 1 rings (SSSR count). The van der Waals surface area contributed by atoms with Gasteiger partial charge in [0.25, 0.3) is 0 Å². The van der Waals surface area contributed by atoms with Crippen molar-refractivity contribution in [3.63, 3.8) is 0 Å². The van der Waals surface area contributed by atoms with Crippen LogP contribution in [0.25, 0.3) is 0 Å². The quantitative estimate of drug-likeness (QED) is 0.464. The highest BCUT2D eigenvalue weighted by atomic mass is 16.5. The lowest BCUT2D eigenvalue weighted by atomic mass is 9.78. The minimum absolute atomic E-state index is 0.294. The summed E-state index contributed by atoms with van der Waals surface area (Å²) in [6.45, 7) is 10.2. The van der Waals surface area contributed by atoms with Crippen LogP contribution in [0.1, 0.15) is 20.3 Å². The van der Waals surface area contributed by atoms with E-state index in [1.165, 1.54) is 0 Å². The predicted octanol–water partition coefficient (Wildman–Crippen LogP) is 2.00. The first-order valence-electron chi connectivity index (χ1n) is 4.53. The third kappa shape index (κ3) is 1.87. The van der Waals surface area contributed by atoms with Crippen LogP contribution in [0.3, 0.4) is 0 Å². The maximum absolute atomic E-state index is 5.42. The molecular weight excluding hydrogens is 152 g/mol. The molecular formula is C10H18O2. The lowest BCUT2D eigenvalue weighted by Gasteiger charge is -2.46. The average Bonchev–Trinajstić information content (AvgIpc) is 2.09. The zero-order valence-electron chi connectivity index (χ0n) is 8.01. The highest BCUT2D eigenvalue weighted by molar-refractivity contribution is 4.90. The molecule has 1 aliphatic heterocycles. The second kappa shape index (κ2) is 4.06. The molecule has 1 aliphatic rings. The summed E-state index contributed by atoms with van der Waals surface area (Å²) in [6.07, 6.45) is 3.22. The molecule has 1 heterocycles. The van der Waals surface area contributed by atoms with Crippen LogP contribution in [-0.4, -0.2) is 25.9 Å². The molecule has 1 fully saturated rings. The topological polar surface area (TPSA) is 18.5 Å². The Morgan fingerprint density at radius 1 is 1.75 bits per heavy atom. The molecule has 2 nitrogen and oxygen atoms in total. The number of hydrogen-bond donors (Lipinski definition) is 0. The van der Waals surface area contributed by atoms with Gasteiger partial charge in [-0.05, 0) is 6.42 Å². The summed E-state index contributed by atoms with van der Waals surface area (Å²) in [5.41, 5.74) is 0.348. The Labute approximate surface area is 74.6 Å². The van der Waals surface area contributed by atoms with Crippen molar-refractivity contribution in [1.29, 1.82) is 0 Å². The van der Waals surface area contributed by atoms with E-state index in [4.69, 9.17) is 9.47 Å². The standard InChI is InChI=1S/C10H18O2/c1-4-6-11-7-9-10(3,5-2)8-12-9/h4,9H,1,5-8H2,2-3H3. The zero-order chi connectivity index (χ0) is 9.03. The van der Waals surface area contributed by atoms with E-state index in [-0.39, 0.29) is 0 Å². The van der Waals surface area contributed by atoms with Crippen LogP contribution >= 0.6 is 0 Å². The zero-order valence-corrected chi connectivity index (χ0v) is 8.01. The highest BCUT2D eigenvalue weighted by Crippen LogP contribution is 2.37. The molecule has 0 saturated carbocycles. The van der Waals surface area contributed by atoms with E-state index in [0.29, 0.717) is 24.7 Å². The average molecular weight is 170 g/mol. The normalized spacial score (nSPS) is 34.3. The van der Waals surface area contributed by atoms with Crippen LogP contribution in [0.5, 0.6) is 0 Å². The summed E-state index contributed by atoms with van der Waals surface area (Å²) in [4.78, 5) is 0. The molecule has 0 aromatic carbocycles. The summed E-state index contributed by atoms with van der Waals surface area (Å²) in [5.74, 6) is 0. The Hall–Kier alpha value is -0.340. The molecule has 0 amide bonds. The SMILES string of the molecule is C=CCOCC1OCC1(C)CC. The lowest BCUT2D eigenvalue weighted by molar-refractivity contribution is -0.200. The molecule has 0 aliphatic carbocycles. The Kier molecular flexibility index (Phi) is 3.29. The first kappa shape index (κ1) is 9.75. The van der Waals surface area contributed by atoms with E-state index in [1.54, 1.807) is 6.08 Å². The lowest BCUT2D eigenvalue weighted by Crippen LogP contribution is -2.51. The number of ether oxygens (including phenoxy) is 2. The maximum atomic E-state index is 5.42. The van der Waals surface area contributed by atoms with Crippen molar-refractivity contribution in [2.45, 2.75) is 26.4 Å². The van der Waals surface area contributed by atoms with Gasteiger partial charge in [0.1, 0.15) is 0 Å². The van der Waals surface area contributed by atoms with E-state index in [1.807, 2.05) is 0 Å². The fourth-order valence-electron chi connectivity index (χ4n) is 1.32. The van der Waals surface area contributed by atoms with Crippen LogP contribution in [0, 0.1) is 5.41 Å². The molecule has 0 spiro atoms.